The van der Waals surface area contributed by atoms with Gasteiger partial charge in [-0.15, -0.1) is 0 Å². The molecule has 0 aromatic heterocycles. The third-order valence-corrected chi connectivity index (χ3v) is 3.13. The summed E-state index contributed by atoms with van der Waals surface area (Å²) in [6.07, 6.45) is -4.47. The number of hydrogen-bond acceptors (Lipinski definition) is 8. The quantitative estimate of drug-likeness (QED) is 0.285. The van der Waals surface area contributed by atoms with Crippen molar-refractivity contribution in [3.05, 3.63) is 12.2 Å². The summed E-state index contributed by atoms with van der Waals surface area (Å²) < 4.78 is 10.3. The molecular formula is C12H23NO7. The van der Waals surface area contributed by atoms with E-state index in [0.717, 1.165) is 0 Å². The van der Waals surface area contributed by atoms with Crippen LogP contribution in [0.25, 0.3) is 0 Å². The maximum atomic E-state index is 9.72. The fourth-order valence-corrected chi connectivity index (χ4v) is 1.85. The summed E-state index contributed by atoms with van der Waals surface area (Å²) in [6.45, 7) is 1.07. The third-order valence-electron chi connectivity index (χ3n) is 3.13. The van der Waals surface area contributed by atoms with Crippen LogP contribution in [0.1, 0.15) is 6.92 Å². The zero-order valence-corrected chi connectivity index (χ0v) is 11.2. The highest BCUT2D eigenvalue weighted by atomic mass is 16.7. The lowest BCUT2D eigenvalue weighted by Gasteiger charge is -2.39. The highest BCUT2D eigenvalue weighted by Gasteiger charge is 2.44. The monoisotopic (exact) mass is 293 g/mol. The smallest absolute Gasteiger partial charge is 0.186 e. The number of allylic oxidation sites excluding steroid dienone is 1. The van der Waals surface area contributed by atoms with Gasteiger partial charge in [-0.3, -0.25) is 0 Å². The molecule has 0 aromatic carbocycles. The van der Waals surface area contributed by atoms with Crippen LogP contribution in [0, 0.1) is 0 Å². The van der Waals surface area contributed by atoms with Crippen LogP contribution in [0.15, 0.2) is 12.2 Å². The van der Waals surface area contributed by atoms with Crippen molar-refractivity contribution >= 4 is 0 Å². The molecule has 7 N–H and O–H groups in total. The van der Waals surface area contributed by atoms with E-state index in [9.17, 15) is 20.4 Å². The van der Waals surface area contributed by atoms with Crippen LogP contribution >= 0.6 is 0 Å². The fourth-order valence-electron chi connectivity index (χ4n) is 1.85. The molecular weight excluding hydrogens is 270 g/mol. The largest absolute Gasteiger partial charge is 0.394 e. The number of hydrogen-bond donors (Lipinski definition) is 6. The van der Waals surface area contributed by atoms with Gasteiger partial charge in [-0.25, -0.2) is 0 Å². The molecule has 3 unspecified atom stereocenters. The summed E-state index contributed by atoms with van der Waals surface area (Å²) in [6, 6.07) is -0.737. The second-order valence-electron chi connectivity index (χ2n) is 4.71. The zero-order chi connectivity index (χ0) is 15.3. The lowest BCUT2D eigenvalue weighted by Crippen LogP contribution is -2.59. The topological polar surface area (TPSA) is 146 Å². The maximum absolute atomic E-state index is 9.72. The van der Waals surface area contributed by atoms with E-state index in [1.165, 1.54) is 6.08 Å². The summed E-state index contributed by atoms with van der Waals surface area (Å²) in [4.78, 5) is 0. The second kappa shape index (κ2) is 8.01. The molecule has 0 saturated carbocycles. The van der Waals surface area contributed by atoms with Crippen molar-refractivity contribution in [3.8, 4) is 0 Å². The number of nitrogens with two attached hydrogens (primary N) is 1. The number of rotatable bonds is 6. The van der Waals surface area contributed by atoms with Gasteiger partial charge in [0.15, 0.2) is 6.29 Å². The lowest BCUT2D eigenvalue weighted by atomic mass is 9.99. The first-order valence-corrected chi connectivity index (χ1v) is 6.41. The molecule has 0 amide bonds. The van der Waals surface area contributed by atoms with Crippen LogP contribution in [0.4, 0.5) is 0 Å². The Labute approximate surface area is 117 Å². The van der Waals surface area contributed by atoms with Crippen molar-refractivity contribution < 1.29 is 35.0 Å². The van der Waals surface area contributed by atoms with Gasteiger partial charge in [-0.1, -0.05) is 12.2 Å². The van der Waals surface area contributed by atoms with Gasteiger partial charge in [-0.2, -0.15) is 0 Å². The number of aliphatic hydroxyl groups is 5. The van der Waals surface area contributed by atoms with E-state index < -0.39 is 49.5 Å². The Morgan fingerprint density at radius 3 is 2.45 bits per heavy atom. The second-order valence-corrected chi connectivity index (χ2v) is 4.71. The van der Waals surface area contributed by atoms with E-state index in [4.69, 9.17) is 20.3 Å². The van der Waals surface area contributed by atoms with E-state index in [0.29, 0.717) is 0 Å². The van der Waals surface area contributed by atoms with Crippen molar-refractivity contribution in [2.75, 3.05) is 13.2 Å². The van der Waals surface area contributed by atoms with Crippen LogP contribution < -0.4 is 5.73 Å². The Morgan fingerprint density at radius 1 is 1.25 bits per heavy atom. The first kappa shape index (κ1) is 17.5. The molecule has 7 atom stereocenters. The maximum Gasteiger partial charge on any atom is 0.186 e. The predicted octanol–water partition coefficient (Wildman–Crippen LogP) is -2.93. The normalized spacial score (nSPS) is 38.0. The molecule has 1 fully saturated rings. The van der Waals surface area contributed by atoms with Crippen molar-refractivity contribution in [1.82, 2.24) is 0 Å². The van der Waals surface area contributed by atoms with Gasteiger partial charge in [0.05, 0.1) is 25.4 Å². The van der Waals surface area contributed by atoms with Crippen LogP contribution in [-0.2, 0) is 9.47 Å². The Balaban J connectivity index is 2.54. The average molecular weight is 293 g/mol. The summed E-state index contributed by atoms with van der Waals surface area (Å²) in [5, 5.41) is 47.5. The van der Waals surface area contributed by atoms with Gasteiger partial charge in [0, 0.05) is 0 Å². The Morgan fingerprint density at radius 2 is 1.90 bits per heavy atom. The van der Waals surface area contributed by atoms with Crippen molar-refractivity contribution in [1.29, 1.82) is 0 Å². The third kappa shape index (κ3) is 4.21. The van der Waals surface area contributed by atoms with Crippen LogP contribution in [0.3, 0.4) is 0 Å². The predicted molar refractivity (Wildman–Crippen MR) is 68.5 cm³/mol. The van der Waals surface area contributed by atoms with Crippen LogP contribution in [0.5, 0.6) is 0 Å². The van der Waals surface area contributed by atoms with E-state index in [1.807, 2.05) is 0 Å². The number of aliphatic hydroxyl groups excluding tert-OH is 5. The molecule has 8 heteroatoms. The minimum Gasteiger partial charge on any atom is -0.394 e. The fraction of sp³-hybridized carbons (Fsp3) is 0.833. The van der Waals surface area contributed by atoms with Gasteiger partial charge in [-0.05, 0) is 6.92 Å². The van der Waals surface area contributed by atoms with Gasteiger partial charge in [0.25, 0.3) is 0 Å². The summed E-state index contributed by atoms with van der Waals surface area (Å²) in [5.41, 5.74) is 5.67. The molecule has 118 valence electrons. The molecule has 1 rings (SSSR count). The minimum atomic E-state index is -1.50. The molecule has 0 bridgehead atoms. The molecule has 0 spiro atoms. The number of ether oxygens (including phenoxy) is 2. The Hall–Kier alpha value is -0.580. The van der Waals surface area contributed by atoms with Crippen LogP contribution in [0.2, 0.25) is 0 Å². The lowest BCUT2D eigenvalue weighted by molar-refractivity contribution is -0.302. The SMILES string of the molecule is C/C=C/[C@@H](O)[C@@H](N)CO[C@@H]1OC(CO)[C@H](O)C(O)C1O. The molecule has 20 heavy (non-hydrogen) atoms. The van der Waals surface area contributed by atoms with Crippen molar-refractivity contribution in [3.63, 3.8) is 0 Å². The zero-order valence-electron chi connectivity index (χ0n) is 11.2. The molecule has 1 saturated heterocycles. The van der Waals surface area contributed by atoms with E-state index in [2.05, 4.69) is 0 Å². The van der Waals surface area contributed by atoms with Gasteiger partial charge >= 0.3 is 0 Å². The first-order valence-electron chi connectivity index (χ1n) is 6.41. The van der Waals surface area contributed by atoms with E-state index in [-0.39, 0.29) is 6.61 Å². The van der Waals surface area contributed by atoms with Gasteiger partial charge in [0.1, 0.15) is 24.4 Å². The highest BCUT2D eigenvalue weighted by molar-refractivity contribution is 4.92. The first-order chi connectivity index (χ1) is 9.42. The van der Waals surface area contributed by atoms with Crippen molar-refractivity contribution in [2.45, 2.75) is 49.8 Å². The Bertz CT molecular complexity index is 312. The van der Waals surface area contributed by atoms with Crippen LogP contribution in [-0.4, -0.2) is 81.6 Å². The van der Waals surface area contributed by atoms with Gasteiger partial charge in [0.2, 0.25) is 0 Å². The average Bonchev–Trinajstić information content (AvgIpc) is 2.44. The standard InChI is InChI=1S/C12H23NO7/c1-2-3-7(15)6(13)5-19-12-11(18)10(17)9(16)8(4-14)20-12/h2-3,6-12,14-18H,4-5,13H2,1H3/b3-2+/t6-,7+,8?,9-,10?,11?,12+/m0/s1. The molecule has 1 aliphatic heterocycles. The molecule has 1 heterocycles. The molecule has 0 aromatic rings. The molecule has 8 nitrogen and oxygen atoms in total. The minimum absolute atomic E-state index is 0.131. The molecule has 1 aliphatic rings. The molecule has 0 radical (unpaired) electrons. The summed E-state index contributed by atoms with van der Waals surface area (Å²) in [5.74, 6) is 0. The molecule has 0 aliphatic carbocycles. The van der Waals surface area contributed by atoms with Gasteiger partial charge < -0.3 is 40.7 Å². The summed E-state index contributed by atoms with van der Waals surface area (Å²) in [7, 11) is 0. The highest BCUT2D eigenvalue weighted by Crippen LogP contribution is 2.22. The summed E-state index contributed by atoms with van der Waals surface area (Å²) >= 11 is 0. The van der Waals surface area contributed by atoms with Crippen molar-refractivity contribution in [2.24, 2.45) is 5.73 Å². The van der Waals surface area contributed by atoms with E-state index in [1.54, 1.807) is 13.0 Å². The Kier molecular flexibility index (Phi) is 7.00. The van der Waals surface area contributed by atoms with E-state index >= 15 is 0 Å².